The zero-order chi connectivity index (χ0) is 19.1. The van der Waals surface area contributed by atoms with Gasteiger partial charge in [-0.1, -0.05) is 0 Å². The van der Waals surface area contributed by atoms with Gasteiger partial charge in [-0.15, -0.1) is 0 Å². The average Bonchev–Trinajstić information content (AvgIpc) is 3.43. The Hall–Kier alpha value is -3.48. The Kier molecular flexibility index (Phi) is 3.93. The van der Waals surface area contributed by atoms with Gasteiger partial charge in [0.1, 0.15) is 18.1 Å². The van der Waals surface area contributed by atoms with Gasteiger partial charge in [0, 0.05) is 16.6 Å². The summed E-state index contributed by atoms with van der Waals surface area (Å²) in [5.74, 6) is -0.678. The molecule has 140 valence electrons. The van der Waals surface area contributed by atoms with Crippen LogP contribution in [-0.2, 0) is 24.2 Å². The molecule has 0 unspecified atom stereocenters. The summed E-state index contributed by atoms with van der Waals surface area (Å²) < 4.78 is 20.6. The number of fused-ring (bicyclic) bond motifs is 2. The van der Waals surface area contributed by atoms with Gasteiger partial charge in [-0.05, 0) is 61.7 Å². The first-order chi connectivity index (χ1) is 13.7. The fourth-order valence-corrected chi connectivity index (χ4v) is 3.71. The molecule has 0 saturated heterocycles. The third-order valence-corrected chi connectivity index (χ3v) is 5.10. The highest BCUT2D eigenvalue weighted by molar-refractivity contribution is 5.94. The summed E-state index contributed by atoms with van der Waals surface area (Å²) in [6.45, 7) is 0.110. The molecule has 2 aromatic carbocycles. The van der Waals surface area contributed by atoms with Crippen LogP contribution in [-0.4, -0.2) is 25.9 Å². The molecule has 7 heteroatoms. The van der Waals surface area contributed by atoms with Crippen molar-refractivity contribution in [2.24, 2.45) is 0 Å². The van der Waals surface area contributed by atoms with Crippen LogP contribution in [0.15, 0.2) is 48.7 Å². The van der Waals surface area contributed by atoms with Crippen LogP contribution in [0.25, 0.3) is 16.6 Å². The van der Waals surface area contributed by atoms with Gasteiger partial charge in [0.2, 0.25) is 0 Å². The highest BCUT2D eigenvalue weighted by atomic mass is 19.1. The smallest absolute Gasteiger partial charge is 0.338 e. The van der Waals surface area contributed by atoms with Crippen LogP contribution in [0.5, 0.6) is 0 Å². The Bertz CT molecular complexity index is 1180. The summed E-state index contributed by atoms with van der Waals surface area (Å²) in [6, 6.07) is 11.5. The van der Waals surface area contributed by atoms with Crippen molar-refractivity contribution in [2.75, 3.05) is 0 Å². The number of ether oxygens (including phenoxy) is 1. The highest BCUT2D eigenvalue weighted by Crippen LogP contribution is 2.28. The molecule has 2 heterocycles. The lowest BCUT2D eigenvalue weighted by molar-refractivity contribution is 0.0466. The number of aromatic amines is 1. The first-order valence-corrected chi connectivity index (χ1v) is 9.15. The summed E-state index contributed by atoms with van der Waals surface area (Å²) in [7, 11) is 0. The molecule has 1 aliphatic carbocycles. The van der Waals surface area contributed by atoms with Gasteiger partial charge in [0.25, 0.3) is 0 Å². The molecular weight excluding hydrogens is 359 g/mol. The molecule has 4 aromatic rings. The SMILES string of the molecule is O=C(OCc1nn(-c2ccc(F)cc2)c2c1CCC2)c1ccc2[nH]ncc2c1. The third-order valence-electron chi connectivity index (χ3n) is 5.10. The molecule has 2 aromatic heterocycles. The first kappa shape index (κ1) is 16.7. The van der Waals surface area contributed by atoms with E-state index >= 15 is 0 Å². The summed E-state index contributed by atoms with van der Waals surface area (Å²) in [4.78, 5) is 12.5. The zero-order valence-corrected chi connectivity index (χ0v) is 15.0. The van der Waals surface area contributed by atoms with Crippen LogP contribution in [0.4, 0.5) is 4.39 Å². The number of benzene rings is 2. The lowest BCUT2D eigenvalue weighted by Crippen LogP contribution is -2.07. The normalized spacial score (nSPS) is 13.0. The van der Waals surface area contributed by atoms with Crippen molar-refractivity contribution in [2.45, 2.75) is 25.9 Å². The second-order valence-corrected chi connectivity index (χ2v) is 6.86. The number of aromatic nitrogens is 4. The predicted octanol–water partition coefficient (Wildman–Crippen LogP) is 3.73. The molecule has 1 N–H and O–H groups in total. The molecule has 6 nitrogen and oxygen atoms in total. The molecule has 0 saturated carbocycles. The number of carbonyl (C=O) groups is 1. The van der Waals surface area contributed by atoms with Crippen molar-refractivity contribution in [3.05, 3.63) is 77.0 Å². The lowest BCUT2D eigenvalue weighted by atomic mass is 10.1. The van der Waals surface area contributed by atoms with E-state index in [0.29, 0.717) is 5.56 Å². The monoisotopic (exact) mass is 376 g/mol. The average molecular weight is 376 g/mol. The Morgan fingerprint density at radius 2 is 2.04 bits per heavy atom. The van der Waals surface area contributed by atoms with Crippen LogP contribution in [0.1, 0.15) is 33.7 Å². The third kappa shape index (κ3) is 2.85. The summed E-state index contributed by atoms with van der Waals surface area (Å²) in [5.41, 5.74) is 5.15. The van der Waals surface area contributed by atoms with Crippen LogP contribution in [0.3, 0.4) is 0 Å². The van der Waals surface area contributed by atoms with E-state index < -0.39 is 5.97 Å². The maximum Gasteiger partial charge on any atom is 0.338 e. The van der Waals surface area contributed by atoms with Crippen molar-refractivity contribution in [1.29, 1.82) is 0 Å². The fourth-order valence-electron chi connectivity index (χ4n) is 3.71. The second kappa shape index (κ2) is 6.60. The number of halogens is 1. The van der Waals surface area contributed by atoms with E-state index in [2.05, 4.69) is 15.3 Å². The molecule has 0 atom stereocenters. The van der Waals surface area contributed by atoms with Crippen molar-refractivity contribution in [3.63, 3.8) is 0 Å². The van der Waals surface area contributed by atoms with Crippen LogP contribution < -0.4 is 0 Å². The number of nitrogens with one attached hydrogen (secondary N) is 1. The van der Waals surface area contributed by atoms with Crippen molar-refractivity contribution >= 4 is 16.9 Å². The summed E-state index contributed by atoms with van der Waals surface area (Å²) in [6.07, 6.45) is 4.52. The number of hydrogen-bond acceptors (Lipinski definition) is 4. The van der Waals surface area contributed by atoms with Crippen molar-refractivity contribution in [3.8, 4) is 5.69 Å². The van der Waals surface area contributed by atoms with E-state index in [1.54, 1.807) is 36.5 Å². The molecule has 0 amide bonds. The molecule has 0 aliphatic heterocycles. The molecule has 0 fully saturated rings. The minimum atomic E-state index is -0.397. The van der Waals surface area contributed by atoms with Crippen molar-refractivity contribution in [1.82, 2.24) is 20.0 Å². The molecular formula is C21H17FN4O2. The topological polar surface area (TPSA) is 72.8 Å². The minimum Gasteiger partial charge on any atom is -0.455 e. The van der Waals surface area contributed by atoms with Gasteiger partial charge >= 0.3 is 5.97 Å². The number of H-pyrrole nitrogens is 1. The minimum absolute atomic E-state index is 0.110. The van der Waals surface area contributed by atoms with Gasteiger partial charge in [0.05, 0.1) is 23.0 Å². The van der Waals surface area contributed by atoms with Gasteiger partial charge in [-0.25, -0.2) is 13.9 Å². The number of hydrogen-bond donors (Lipinski definition) is 1. The summed E-state index contributed by atoms with van der Waals surface area (Å²) >= 11 is 0. The quantitative estimate of drug-likeness (QED) is 0.551. The van der Waals surface area contributed by atoms with Crippen LogP contribution in [0.2, 0.25) is 0 Å². The number of nitrogens with zero attached hydrogens (tertiary/aromatic N) is 3. The number of rotatable bonds is 4. The fraction of sp³-hybridized carbons (Fsp3) is 0.190. The molecule has 0 bridgehead atoms. The van der Waals surface area contributed by atoms with Gasteiger partial charge in [0.15, 0.2) is 0 Å². The number of carbonyl (C=O) groups excluding carboxylic acids is 1. The molecule has 1 aliphatic rings. The molecule has 28 heavy (non-hydrogen) atoms. The van der Waals surface area contributed by atoms with Crippen molar-refractivity contribution < 1.29 is 13.9 Å². The van der Waals surface area contributed by atoms with E-state index in [9.17, 15) is 9.18 Å². The van der Waals surface area contributed by atoms with Gasteiger partial charge in [-0.2, -0.15) is 10.2 Å². The Morgan fingerprint density at radius 1 is 1.18 bits per heavy atom. The van der Waals surface area contributed by atoms with E-state index in [0.717, 1.165) is 52.8 Å². The van der Waals surface area contributed by atoms with E-state index in [4.69, 9.17) is 4.74 Å². The van der Waals surface area contributed by atoms with Gasteiger partial charge in [-0.3, -0.25) is 5.10 Å². The Morgan fingerprint density at radius 3 is 2.89 bits per heavy atom. The number of esters is 1. The Balaban J connectivity index is 1.38. The largest absolute Gasteiger partial charge is 0.455 e. The second-order valence-electron chi connectivity index (χ2n) is 6.86. The lowest BCUT2D eigenvalue weighted by Gasteiger charge is -2.06. The summed E-state index contributed by atoms with van der Waals surface area (Å²) in [5, 5.41) is 12.3. The van der Waals surface area contributed by atoms with E-state index in [1.165, 1.54) is 12.1 Å². The Labute approximate surface area is 159 Å². The van der Waals surface area contributed by atoms with Gasteiger partial charge < -0.3 is 4.74 Å². The predicted molar refractivity (Wildman–Crippen MR) is 101 cm³/mol. The zero-order valence-electron chi connectivity index (χ0n) is 15.0. The molecule has 0 radical (unpaired) electrons. The maximum absolute atomic E-state index is 13.2. The van der Waals surface area contributed by atoms with Crippen LogP contribution in [0, 0.1) is 5.82 Å². The molecule has 5 rings (SSSR count). The van der Waals surface area contributed by atoms with E-state index in [1.807, 2.05) is 4.68 Å². The highest BCUT2D eigenvalue weighted by Gasteiger charge is 2.24. The first-order valence-electron chi connectivity index (χ1n) is 9.15. The molecule has 0 spiro atoms. The van der Waals surface area contributed by atoms with E-state index in [-0.39, 0.29) is 12.4 Å². The maximum atomic E-state index is 13.2. The van der Waals surface area contributed by atoms with Crippen LogP contribution >= 0.6 is 0 Å². The standard InChI is InChI=1S/C21H17FN4O2/c22-15-5-7-16(8-6-15)26-20-3-1-2-17(20)19(25-26)12-28-21(27)13-4-9-18-14(10-13)11-23-24-18/h4-11H,1-3,12H2,(H,23,24).